The molecule has 142 valence electrons. The fraction of sp³-hybridized carbons (Fsp3) is 0.450. The van der Waals surface area contributed by atoms with E-state index < -0.39 is 5.97 Å². The van der Waals surface area contributed by atoms with E-state index in [-0.39, 0.29) is 23.1 Å². The lowest BCUT2D eigenvalue weighted by atomic mass is 9.99. The molecule has 0 bridgehead atoms. The average molecular weight is 369 g/mol. The van der Waals surface area contributed by atoms with Crippen LogP contribution in [0.4, 0.5) is 0 Å². The highest BCUT2D eigenvalue weighted by atomic mass is 16.5. The Labute approximate surface area is 157 Å². The van der Waals surface area contributed by atoms with E-state index >= 15 is 0 Å². The Morgan fingerprint density at radius 1 is 1.26 bits per heavy atom. The van der Waals surface area contributed by atoms with E-state index in [1.807, 2.05) is 36.9 Å². The number of para-hydroxylation sites is 1. The molecule has 0 aliphatic carbocycles. The quantitative estimate of drug-likeness (QED) is 0.899. The summed E-state index contributed by atoms with van der Waals surface area (Å²) in [5.41, 5.74) is 1.61. The molecular formula is C20H23N3O4. The van der Waals surface area contributed by atoms with Gasteiger partial charge in [0.2, 0.25) is 0 Å². The summed E-state index contributed by atoms with van der Waals surface area (Å²) in [5, 5.41) is 13.2. The topological polar surface area (TPSA) is 84.7 Å². The average Bonchev–Trinajstić information content (AvgIpc) is 3.24. The van der Waals surface area contributed by atoms with Crippen LogP contribution in [0.5, 0.6) is 5.75 Å². The molecule has 7 heteroatoms. The van der Waals surface area contributed by atoms with Crippen LogP contribution in [0.2, 0.25) is 0 Å². The van der Waals surface area contributed by atoms with Gasteiger partial charge in [-0.15, -0.1) is 0 Å². The van der Waals surface area contributed by atoms with Crippen LogP contribution in [0.1, 0.15) is 59.0 Å². The van der Waals surface area contributed by atoms with Crippen molar-refractivity contribution < 1.29 is 19.4 Å². The van der Waals surface area contributed by atoms with Crippen LogP contribution < -0.4 is 4.74 Å². The number of aromatic nitrogens is 2. The van der Waals surface area contributed by atoms with Crippen molar-refractivity contribution in [1.82, 2.24) is 14.7 Å². The Kier molecular flexibility index (Phi) is 4.17. The molecule has 0 saturated carbocycles. The number of aromatic carboxylic acids is 1. The number of amides is 1. The third kappa shape index (κ3) is 3.29. The summed E-state index contributed by atoms with van der Waals surface area (Å²) in [6.07, 6.45) is 5.22. The number of ether oxygens (including phenoxy) is 1. The molecule has 2 aliphatic rings. The molecule has 3 heterocycles. The summed E-state index contributed by atoms with van der Waals surface area (Å²) in [4.78, 5) is 25.9. The van der Waals surface area contributed by atoms with E-state index in [0.717, 1.165) is 24.8 Å². The molecule has 1 fully saturated rings. The van der Waals surface area contributed by atoms with Crippen molar-refractivity contribution >= 4 is 11.9 Å². The Bertz CT molecular complexity index is 894. The number of likely N-dealkylation sites (tertiary alicyclic amines) is 1. The molecule has 7 nitrogen and oxygen atoms in total. The molecule has 1 amide bonds. The van der Waals surface area contributed by atoms with Crippen LogP contribution in [0.25, 0.3) is 0 Å². The lowest BCUT2D eigenvalue weighted by Crippen LogP contribution is -2.39. The van der Waals surface area contributed by atoms with Crippen molar-refractivity contribution in [3.05, 3.63) is 47.3 Å². The molecule has 4 rings (SSSR count). The number of carbonyl (C=O) groups is 2. The molecule has 0 spiro atoms. The largest absolute Gasteiger partial charge is 0.486 e. The third-order valence-electron chi connectivity index (χ3n) is 5.30. The van der Waals surface area contributed by atoms with Crippen LogP contribution in [0.15, 0.2) is 30.6 Å². The summed E-state index contributed by atoms with van der Waals surface area (Å²) in [7, 11) is 0. The zero-order chi connectivity index (χ0) is 19.2. The van der Waals surface area contributed by atoms with Gasteiger partial charge in [0.15, 0.2) is 0 Å². The first-order valence-electron chi connectivity index (χ1n) is 9.22. The minimum Gasteiger partial charge on any atom is -0.486 e. The van der Waals surface area contributed by atoms with E-state index in [1.165, 1.54) is 6.20 Å². The molecule has 0 atom stereocenters. The predicted molar refractivity (Wildman–Crippen MR) is 98.2 cm³/mol. The van der Waals surface area contributed by atoms with E-state index in [9.17, 15) is 9.59 Å². The molecule has 1 saturated heterocycles. The number of hydrogen-bond acceptors (Lipinski definition) is 4. The van der Waals surface area contributed by atoms with Gasteiger partial charge in [0.05, 0.1) is 23.4 Å². The van der Waals surface area contributed by atoms with Gasteiger partial charge < -0.3 is 14.7 Å². The predicted octanol–water partition coefficient (Wildman–Crippen LogP) is 2.77. The second-order valence-corrected chi connectivity index (χ2v) is 7.87. The van der Waals surface area contributed by atoms with Gasteiger partial charge in [0.25, 0.3) is 5.91 Å². The number of piperidine rings is 1. The van der Waals surface area contributed by atoms with Gasteiger partial charge in [-0.1, -0.05) is 12.1 Å². The maximum Gasteiger partial charge on any atom is 0.338 e. The van der Waals surface area contributed by atoms with Gasteiger partial charge in [-0.2, -0.15) is 5.10 Å². The molecule has 0 radical (unpaired) electrons. The summed E-state index contributed by atoms with van der Waals surface area (Å²) < 4.78 is 7.74. The van der Waals surface area contributed by atoms with Gasteiger partial charge in [-0.05, 0) is 38.3 Å². The SMILES string of the molecule is CC1(C)Cc2cccc(C(=O)N3CCC(n4cc(C(=O)O)cn4)CC3)c2O1. The van der Waals surface area contributed by atoms with Crippen LogP contribution in [0.3, 0.4) is 0 Å². The van der Waals surface area contributed by atoms with Gasteiger partial charge in [0, 0.05) is 25.7 Å². The minimum absolute atomic E-state index is 0.00492. The highest BCUT2D eigenvalue weighted by Crippen LogP contribution is 2.38. The maximum absolute atomic E-state index is 13.1. The van der Waals surface area contributed by atoms with Gasteiger partial charge in [-0.3, -0.25) is 9.48 Å². The smallest absolute Gasteiger partial charge is 0.338 e. The standard InChI is InChI=1S/C20H23N3O4/c1-20(2)10-13-4-3-5-16(17(13)27-20)18(24)22-8-6-15(7-9-22)23-12-14(11-21-23)19(25)26/h3-5,11-12,15H,6-10H2,1-2H3,(H,25,26). The van der Waals surface area contributed by atoms with Crippen LogP contribution in [-0.4, -0.2) is 50.4 Å². The molecule has 1 aromatic carbocycles. The third-order valence-corrected chi connectivity index (χ3v) is 5.30. The molecule has 2 aliphatic heterocycles. The second-order valence-electron chi connectivity index (χ2n) is 7.87. The number of nitrogens with zero attached hydrogens (tertiary/aromatic N) is 3. The number of rotatable bonds is 3. The first-order valence-corrected chi connectivity index (χ1v) is 9.22. The number of hydrogen-bond donors (Lipinski definition) is 1. The lowest BCUT2D eigenvalue weighted by molar-refractivity contribution is 0.0678. The number of fused-ring (bicyclic) bond motifs is 1. The fourth-order valence-corrected chi connectivity index (χ4v) is 3.94. The zero-order valence-corrected chi connectivity index (χ0v) is 15.5. The van der Waals surface area contributed by atoms with Crippen LogP contribution in [0, 0.1) is 0 Å². The van der Waals surface area contributed by atoms with Crippen molar-refractivity contribution in [2.24, 2.45) is 0 Å². The Hall–Kier alpha value is -2.83. The van der Waals surface area contributed by atoms with Crippen molar-refractivity contribution in [3.8, 4) is 5.75 Å². The number of carbonyl (C=O) groups excluding carboxylic acids is 1. The Balaban J connectivity index is 1.45. The van der Waals surface area contributed by atoms with Gasteiger partial charge in [0.1, 0.15) is 11.4 Å². The molecule has 0 unspecified atom stereocenters. The van der Waals surface area contributed by atoms with E-state index in [1.54, 1.807) is 10.9 Å². The van der Waals surface area contributed by atoms with E-state index in [2.05, 4.69) is 5.10 Å². The normalized spacial score (nSPS) is 18.8. The van der Waals surface area contributed by atoms with Crippen LogP contribution >= 0.6 is 0 Å². The summed E-state index contributed by atoms with van der Waals surface area (Å²) in [6, 6.07) is 5.88. The minimum atomic E-state index is -0.977. The Morgan fingerprint density at radius 2 is 2.00 bits per heavy atom. The lowest BCUT2D eigenvalue weighted by Gasteiger charge is -2.32. The van der Waals surface area contributed by atoms with Crippen LogP contribution in [-0.2, 0) is 6.42 Å². The van der Waals surface area contributed by atoms with Crippen molar-refractivity contribution in [2.75, 3.05) is 13.1 Å². The molecule has 1 aromatic heterocycles. The summed E-state index contributed by atoms with van der Waals surface area (Å²) in [6.45, 7) is 5.28. The number of carboxylic acids is 1. The molecule has 2 aromatic rings. The van der Waals surface area contributed by atoms with Crippen molar-refractivity contribution in [1.29, 1.82) is 0 Å². The highest BCUT2D eigenvalue weighted by molar-refractivity contribution is 5.97. The molecule has 1 N–H and O–H groups in total. The first-order chi connectivity index (χ1) is 12.8. The van der Waals surface area contributed by atoms with Crippen molar-refractivity contribution in [2.45, 2.75) is 44.8 Å². The number of carboxylic acid groups (broad SMARTS) is 1. The summed E-state index contributed by atoms with van der Waals surface area (Å²) >= 11 is 0. The first kappa shape index (κ1) is 17.6. The molecular weight excluding hydrogens is 346 g/mol. The van der Waals surface area contributed by atoms with Gasteiger partial charge >= 0.3 is 5.97 Å². The highest BCUT2D eigenvalue weighted by Gasteiger charge is 2.35. The fourth-order valence-electron chi connectivity index (χ4n) is 3.94. The maximum atomic E-state index is 13.1. The second kappa shape index (κ2) is 6.40. The Morgan fingerprint density at radius 3 is 2.67 bits per heavy atom. The zero-order valence-electron chi connectivity index (χ0n) is 15.5. The summed E-state index contributed by atoms with van der Waals surface area (Å²) in [5.74, 6) is -0.266. The monoisotopic (exact) mass is 369 g/mol. The van der Waals surface area contributed by atoms with E-state index in [4.69, 9.17) is 9.84 Å². The molecule has 27 heavy (non-hydrogen) atoms. The van der Waals surface area contributed by atoms with E-state index in [0.29, 0.717) is 24.4 Å². The number of benzene rings is 1. The van der Waals surface area contributed by atoms with Gasteiger partial charge in [-0.25, -0.2) is 4.79 Å². The van der Waals surface area contributed by atoms with Crippen molar-refractivity contribution in [3.63, 3.8) is 0 Å².